The molecule has 0 spiro atoms. The van der Waals surface area contributed by atoms with Crippen molar-refractivity contribution in [2.24, 2.45) is 0 Å². The number of aryl methyl sites for hydroxylation is 1. The average molecular weight is 412 g/mol. The minimum Gasteiger partial charge on any atom is -0.337 e. The van der Waals surface area contributed by atoms with Crippen molar-refractivity contribution in [3.8, 4) is 0 Å². The number of benzene rings is 2. The topological polar surface area (TPSA) is 41.8 Å². The fraction of sp³-hybridized carbons (Fsp3) is 0.368. The number of piperidine rings is 1. The van der Waals surface area contributed by atoms with Gasteiger partial charge in [0.25, 0.3) is 10.0 Å². The number of rotatable bonds is 2. The molecule has 0 radical (unpaired) electrons. The zero-order valence-corrected chi connectivity index (χ0v) is 17.0. The predicted octanol–water partition coefficient (Wildman–Crippen LogP) is 2.88. The van der Waals surface area contributed by atoms with E-state index in [0.717, 1.165) is 36.3 Å². The van der Waals surface area contributed by atoms with E-state index in [0.29, 0.717) is 0 Å². The van der Waals surface area contributed by atoms with Crippen molar-refractivity contribution >= 4 is 38.9 Å². The van der Waals surface area contributed by atoms with Crippen LogP contribution in [0.3, 0.4) is 0 Å². The van der Waals surface area contributed by atoms with E-state index in [9.17, 15) is 8.42 Å². The molecule has 1 fully saturated rings. The lowest BCUT2D eigenvalue weighted by Crippen LogP contribution is -3.11. The van der Waals surface area contributed by atoms with Crippen molar-refractivity contribution in [3.63, 3.8) is 0 Å². The van der Waals surface area contributed by atoms with Gasteiger partial charge in [-0.3, -0.25) is 4.31 Å². The predicted molar refractivity (Wildman–Crippen MR) is 105 cm³/mol. The highest BCUT2D eigenvalue weighted by atomic mass is 35.5. The molecule has 0 aromatic heterocycles. The highest BCUT2D eigenvalue weighted by Crippen LogP contribution is 2.46. The normalized spacial score (nSPS) is 25.1. The van der Waals surface area contributed by atoms with Crippen LogP contribution in [0.5, 0.6) is 0 Å². The summed E-state index contributed by atoms with van der Waals surface area (Å²) in [7, 11) is -1.63. The first kappa shape index (κ1) is 18.1. The van der Waals surface area contributed by atoms with E-state index in [1.165, 1.54) is 11.0 Å². The molecule has 138 valence electrons. The first-order valence-electron chi connectivity index (χ1n) is 8.71. The van der Waals surface area contributed by atoms with Gasteiger partial charge in [-0.2, -0.15) is 0 Å². The number of fused-ring (bicyclic) bond motifs is 3. The molecule has 26 heavy (non-hydrogen) atoms. The van der Waals surface area contributed by atoms with Gasteiger partial charge in [0.05, 0.1) is 47.8 Å². The van der Waals surface area contributed by atoms with Gasteiger partial charge < -0.3 is 4.90 Å². The van der Waals surface area contributed by atoms with Crippen molar-refractivity contribution in [1.82, 2.24) is 0 Å². The zero-order chi connectivity index (χ0) is 18.6. The van der Waals surface area contributed by atoms with Gasteiger partial charge in [-0.25, -0.2) is 8.42 Å². The van der Waals surface area contributed by atoms with Crippen molar-refractivity contribution in [2.75, 3.05) is 24.4 Å². The van der Waals surface area contributed by atoms with E-state index in [1.807, 2.05) is 19.1 Å². The van der Waals surface area contributed by atoms with E-state index in [4.69, 9.17) is 23.2 Å². The van der Waals surface area contributed by atoms with Crippen LogP contribution in [0.25, 0.3) is 0 Å². The molecular weight excluding hydrogens is 391 g/mol. The second kappa shape index (κ2) is 6.41. The third-order valence-electron chi connectivity index (χ3n) is 5.47. The van der Waals surface area contributed by atoms with Gasteiger partial charge in [0, 0.05) is 6.42 Å². The van der Waals surface area contributed by atoms with Gasteiger partial charge in [-0.05, 0) is 30.7 Å². The van der Waals surface area contributed by atoms with Crippen molar-refractivity contribution in [2.45, 2.75) is 30.2 Å². The largest absolute Gasteiger partial charge is 0.337 e. The van der Waals surface area contributed by atoms with Gasteiger partial charge in [-0.1, -0.05) is 47.0 Å². The van der Waals surface area contributed by atoms with Gasteiger partial charge in [-0.15, -0.1) is 0 Å². The SMILES string of the molecule is Cc1ccc2c(c1)[C@H]1C[NH+](C)CC[C@@H]1N2S(=O)(=O)c1cccc(Cl)c1Cl. The maximum atomic E-state index is 13.6. The minimum atomic E-state index is -3.80. The van der Waals surface area contributed by atoms with Crippen LogP contribution in [0, 0.1) is 6.92 Å². The fourth-order valence-corrected chi connectivity index (χ4v) is 6.74. The Morgan fingerprint density at radius 1 is 1.19 bits per heavy atom. The summed E-state index contributed by atoms with van der Waals surface area (Å²) >= 11 is 12.4. The van der Waals surface area contributed by atoms with Crippen LogP contribution in [0.15, 0.2) is 41.3 Å². The number of likely N-dealkylation sites (tertiary alicyclic amines) is 1. The molecule has 0 amide bonds. The minimum absolute atomic E-state index is 0.0736. The lowest BCUT2D eigenvalue weighted by Gasteiger charge is -2.34. The van der Waals surface area contributed by atoms with Crippen molar-refractivity contribution in [3.05, 3.63) is 57.6 Å². The molecule has 4 rings (SSSR count). The summed E-state index contributed by atoms with van der Waals surface area (Å²) < 4.78 is 28.7. The molecule has 2 aromatic rings. The third kappa shape index (κ3) is 2.73. The Balaban J connectivity index is 1.89. The molecule has 3 atom stereocenters. The zero-order valence-electron chi connectivity index (χ0n) is 14.7. The van der Waals surface area contributed by atoms with Crippen LogP contribution in [0.1, 0.15) is 23.5 Å². The van der Waals surface area contributed by atoms with E-state index in [2.05, 4.69) is 13.1 Å². The molecule has 7 heteroatoms. The molecule has 1 saturated heterocycles. The number of anilines is 1. The Bertz CT molecular complexity index is 977. The van der Waals surface area contributed by atoms with Crippen molar-refractivity contribution < 1.29 is 13.3 Å². The number of hydrogen-bond acceptors (Lipinski definition) is 2. The Labute approximate surface area is 164 Å². The lowest BCUT2D eigenvalue weighted by molar-refractivity contribution is -0.886. The molecule has 2 aromatic carbocycles. The molecule has 0 bridgehead atoms. The van der Waals surface area contributed by atoms with Gasteiger partial charge in [0.1, 0.15) is 4.90 Å². The highest BCUT2D eigenvalue weighted by Gasteiger charge is 2.48. The average Bonchev–Trinajstić information content (AvgIpc) is 2.91. The second-order valence-electron chi connectivity index (χ2n) is 7.29. The van der Waals surface area contributed by atoms with E-state index >= 15 is 0 Å². The van der Waals surface area contributed by atoms with Crippen LogP contribution in [-0.4, -0.2) is 34.6 Å². The summed E-state index contributed by atoms with van der Waals surface area (Å²) in [6.45, 7) is 3.92. The first-order chi connectivity index (χ1) is 12.3. The molecule has 0 aliphatic carbocycles. The monoisotopic (exact) mass is 411 g/mol. The highest BCUT2D eigenvalue weighted by molar-refractivity contribution is 7.93. The summed E-state index contributed by atoms with van der Waals surface area (Å²) in [5, 5.41) is 0.338. The third-order valence-corrected chi connectivity index (χ3v) is 8.29. The number of hydrogen-bond donors (Lipinski definition) is 1. The van der Waals surface area contributed by atoms with Crippen molar-refractivity contribution in [1.29, 1.82) is 0 Å². The molecule has 2 heterocycles. The summed E-state index contributed by atoms with van der Waals surface area (Å²) in [4.78, 5) is 1.50. The number of halogens is 2. The summed E-state index contributed by atoms with van der Waals surface area (Å²) in [6.07, 6.45) is 0.821. The van der Waals surface area contributed by atoms with Crippen LogP contribution < -0.4 is 9.21 Å². The molecular formula is C19H21Cl2N2O2S+. The van der Waals surface area contributed by atoms with Crippen LogP contribution >= 0.6 is 23.2 Å². The smallest absolute Gasteiger partial charge is 0.266 e. The number of nitrogens with one attached hydrogen (secondary N) is 1. The number of quaternary nitrogens is 1. The molecule has 2 aliphatic rings. The Hall–Kier alpha value is -1.27. The van der Waals surface area contributed by atoms with Crippen LogP contribution in [-0.2, 0) is 10.0 Å². The molecule has 1 unspecified atom stereocenters. The van der Waals surface area contributed by atoms with Crippen LogP contribution in [0.2, 0.25) is 10.0 Å². The standard InChI is InChI=1S/C19H20Cl2N2O2S/c1-12-6-7-16-13(10-12)14-11-22(2)9-8-17(14)23(16)26(24,25)18-5-3-4-15(20)19(18)21/h3-7,10,14,17H,8-9,11H2,1-2H3/p+1/t14-,17+/m1/s1. The van der Waals surface area contributed by atoms with E-state index in [-0.39, 0.29) is 26.9 Å². The fourth-order valence-electron chi connectivity index (χ4n) is 4.25. The maximum absolute atomic E-state index is 13.6. The Morgan fingerprint density at radius 2 is 1.96 bits per heavy atom. The summed E-state index contributed by atoms with van der Waals surface area (Å²) in [6, 6.07) is 10.7. The first-order valence-corrected chi connectivity index (χ1v) is 10.9. The number of likely N-dealkylation sites (N-methyl/N-ethyl adjacent to an activating group) is 1. The molecule has 1 N–H and O–H groups in total. The lowest BCUT2D eigenvalue weighted by atomic mass is 9.89. The van der Waals surface area contributed by atoms with Gasteiger partial charge in [0.2, 0.25) is 0 Å². The molecule has 4 nitrogen and oxygen atoms in total. The Morgan fingerprint density at radius 3 is 2.73 bits per heavy atom. The van der Waals surface area contributed by atoms with Gasteiger partial charge >= 0.3 is 0 Å². The van der Waals surface area contributed by atoms with E-state index < -0.39 is 10.0 Å². The van der Waals surface area contributed by atoms with Gasteiger partial charge in [0.15, 0.2) is 0 Å². The second-order valence-corrected chi connectivity index (χ2v) is 9.86. The Kier molecular flexibility index (Phi) is 4.47. The molecule has 0 saturated carbocycles. The number of nitrogens with zero attached hydrogens (tertiary/aromatic N) is 1. The quantitative estimate of drug-likeness (QED) is 0.825. The van der Waals surface area contributed by atoms with Crippen LogP contribution in [0.4, 0.5) is 5.69 Å². The van der Waals surface area contributed by atoms with E-state index in [1.54, 1.807) is 16.4 Å². The number of sulfonamides is 1. The summed E-state index contributed by atoms with van der Waals surface area (Å²) in [5.41, 5.74) is 3.04. The maximum Gasteiger partial charge on any atom is 0.266 e. The molecule has 2 aliphatic heterocycles. The summed E-state index contributed by atoms with van der Waals surface area (Å²) in [5.74, 6) is 0.200.